The first-order valence-corrected chi connectivity index (χ1v) is 8.66. The molecule has 0 radical (unpaired) electrons. The van der Waals surface area contributed by atoms with Crippen LogP contribution in [0.15, 0.2) is 12.4 Å². The number of aryl methyl sites for hydroxylation is 1. The van der Waals surface area contributed by atoms with Crippen molar-refractivity contribution in [2.24, 2.45) is 5.92 Å². The van der Waals surface area contributed by atoms with Crippen molar-refractivity contribution >= 4 is 0 Å². The number of nitrogens with one attached hydrogen (secondary N) is 1. The molecule has 1 aromatic rings. The molecule has 2 atom stereocenters. The van der Waals surface area contributed by atoms with E-state index in [1.54, 1.807) is 11.1 Å². The molecule has 0 saturated carbocycles. The van der Waals surface area contributed by atoms with Crippen molar-refractivity contribution < 1.29 is 0 Å². The van der Waals surface area contributed by atoms with Gasteiger partial charge < -0.3 is 9.88 Å². The van der Waals surface area contributed by atoms with Crippen LogP contribution in [0.3, 0.4) is 0 Å². The fraction of sp³-hybridized carbons (Fsp3) is 0.778. The van der Waals surface area contributed by atoms with E-state index >= 15 is 0 Å². The maximum Gasteiger partial charge on any atom is 0.0338 e. The van der Waals surface area contributed by atoms with Crippen LogP contribution in [0.1, 0.15) is 76.5 Å². The Morgan fingerprint density at radius 1 is 1.25 bits per heavy atom. The Morgan fingerprint density at radius 3 is 2.85 bits per heavy atom. The molecule has 20 heavy (non-hydrogen) atoms. The van der Waals surface area contributed by atoms with Gasteiger partial charge in [0.05, 0.1) is 0 Å². The van der Waals surface area contributed by atoms with E-state index in [4.69, 9.17) is 0 Å². The predicted molar refractivity (Wildman–Crippen MR) is 87.1 cm³/mol. The van der Waals surface area contributed by atoms with Crippen LogP contribution in [-0.2, 0) is 13.0 Å². The molecule has 0 amide bonds. The Kier molecular flexibility index (Phi) is 6.15. The second-order valence-electron chi connectivity index (χ2n) is 6.58. The quantitative estimate of drug-likeness (QED) is 0.715. The highest BCUT2D eigenvalue weighted by atomic mass is 15.0. The molecule has 1 aliphatic carbocycles. The molecule has 0 fully saturated rings. The zero-order chi connectivity index (χ0) is 14.4. The molecule has 0 spiro atoms. The van der Waals surface area contributed by atoms with Crippen LogP contribution in [0.25, 0.3) is 0 Å². The minimum absolute atomic E-state index is 0.593. The number of rotatable bonds is 7. The highest BCUT2D eigenvalue weighted by Gasteiger charge is 2.20. The van der Waals surface area contributed by atoms with Crippen molar-refractivity contribution in [1.82, 2.24) is 9.88 Å². The third-order valence-electron chi connectivity index (χ3n) is 4.51. The van der Waals surface area contributed by atoms with Gasteiger partial charge in [-0.25, -0.2) is 0 Å². The Bertz CT molecular complexity index is 394. The van der Waals surface area contributed by atoms with Crippen molar-refractivity contribution in [2.45, 2.75) is 78.3 Å². The summed E-state index contributed by atoms with van der Waals surface area (Å²) in [4.78, 5) is 0. The van der Waals surface area contributed by atoms with Gasteiger partial charge in [-0.2, -0.15) is 0 Å². The van der Waals surface area contributed by atoms with E-state index in [1.165, 1.54) is 51.5 Å². The van der Waals surface area contributed by atoms with Gasteiger partial charge in [-0.05, 0) is 55.7 Å². The lowest BCUT2D eigenvalue weighted by molar-refractivity contribution is 0.442. The van der Waals surface area contributed by atoms with E-state index in [2.05, 4.69) is 43.0 Å². The summed E-state index contributed by atoms with van der Waals surface area (Å²) in [6.45, 7) is 9.23. The highest BCUT2D eigenvalue weighted by molar-refractivity contribution is 5.29. The zero-order valence-electron chi connectivity index (χ0n) is 13.6. The van der Waals surface area contributed by atoms with Crippen molar-refractivity contribution in [3.05, 3.63) is 23.5 Å². The van der Waals surface area contributed by atoms with Gasteiger partial charge in [0, 0.05) is 25.0 Å². The molecule has 1 heterocycles. The van der Waals surface area contributed by atoms with Gasteiger partial charge in [0.25, 0.3) is 0 Å². The molecule has 0 bridgehead atoms. The lowest BCUT2D eigenvalue weighted by Gasteiger charge is -2.17. The molecule has 2 heteroatoms. The average Bonchev–Trinajstić information content (AvgIpc) is 2.71. The summed E-state index contributed by atoms with van der Waals surface area (Å²) in [5.74, 6) is 0.790. The molecule has 1 aliphatic rings. The third-order valence-corrected chi connectivity index (χ3v) is 4.51. The number of fused-ring (bicyclic) bond motifs is 1. The molecular formula is C18H32N2. The Balaban J connectivity index is 2.08. The third kappa shape index (κ3) is 4.12. The van der Waals surface area contributed by atoms with E-state index in [0.717, 1.165) is 12.5 Å². The molecule has 2 rings (SSSR count). The normalized spacial score (nSPS) is 20.4. The van der Waals surface area contributed by atoms with Gasteiger partial charge >= 0.3 is 0 Å². The second kappa shape index (κ2) is 7.87. The maximum absolute atomic E-state index is 3.75. The molecule has 2 unspecified atom stereocenters. The summed E-state index contributed by atoms with van der Waals surface area (Å²) < 4.78 is 2.46. The topological polar surface area (TPSA) is 17.0 Å². The first-order valence-electron chi connectivity index (χ1n) is 8.66. The summed E-state index contributed by atoms with van der Waals surface area (Å²) in [7, 11) is 0. The summed E-state index contributed by atoms with van der Waals surface area (Å²) in [6, 6.07) is 0.593. The number of nitrogens with zero attached hydrogens (tertiary/aromatic N) is 1. The van der Waals surface area contributed by atoms with Crippen LogP contribution in [0, 0.1) is 5.92 Å². The van der Waals surface area contributed by atoms with Crippen LogP contribution in [0.5, 0.6) is 0 Å². The zero-order valence-corrected chi connectivity index (χ0v) is 13.6. The minimum Gasteiger partial charge on any atom is -0.353 e. The summed E-state index contributed by atoms with van der Waals surface area (Å²) in [5.41, 5.74) is 3.18. The lowest BCUT2D eigenvalue weighted by atomic mass is 10.0. The smallest absolute Gasteiger partial charge is 0.0338 e. The van der Waals surface area contributed by atoms with Crippen molar-refractivity contribution in [1.29, 1.82) is 0 Å². The Labute approximate surface area is 125 Å². The molecule has 2 nitrogen and oxygen atoms in total. The van der Waals surface area contributed by atoms with Crippen molar-refractivity contribution in [3.63, 3.8) is 0 Å². The number of aromatic nitrogens is 1. The maximum atomic E-state index is 3.75. The van der Waals surface area contributed by atoms with Crippen LogP contribution < -0.4 is 5.32 Å². The molecular weight excluding hydrogens is 244 g/mol. The molecule has 0 saturated heterocycles. The summed E-state index contributed by atoms with van der Waals surface area (Å²) in [5, 5.41) is 3.75. The van der Waals surface area contributed by atoms with Gasteiger partial charge in [0.15, 0.2) is 0 Å². The summed E-state index contributed by atoms with van der Waals surface area (Å²) in [6.07, 6.45) is 14.0. The molecule has 1 aromatic heterocycles. The molecule has 0 aromatic carbocycles. The minimum atomic E-state index is 0.593. The lowest BCUT2D eigenvalue weighted by Crippen LogP contribution is -2.21. The van der Waals surface area contributed by atoms with Crippen LogP contribution in [-0.4, -0.2) is 11.1 Å². The molecule has 1 N–H and O–H groups in total. The van der Waals surface area contributed by atoms with Gasteiger partial charge in [0.2, 0.25) is 0 Å². The van der Waals surface area contributed by atoms with Crippen molar-refractivity contribution in [2.75, 3.05) is 6.54 Å². The average molecular weight is 276 g/mol. The van der Waals surface area contributed by atoms with E-state index < -0.39 is 0 Å². The van der Waals surface area contributed by atoms with Gasteiger partial charge in [-0.1, -0.05) is 33.6 Å². The number of hydrogen-bond acceptors (Lipinski definition) is 1. The van der Waals surface area contributed by atoms with Gasteiger partial charge in [0.1, 0.15) is 0 Å². The summed E-state index contributed by atoms with van der Waals surface area (Å²) >= 11 is 0. The first-order chi connectivity index (χ1) is 9.74. The van der Waals surface area contributed by atoms with Crippen molar-refractivity contribution in [3.8, 4) is 0 Å². The van der Waals surface area contributed by atoms with E-state index in [-0.39, 0.29) is 0 Å². The van der Waals surface area contributed by atoms with E-state index in [0.29, 0.717) is 6.04 Å². The van der Waals surface area contributed by atoms with E-state index in [9.17, 15) is 0 Å². The second-order valence-corrected chi connectivity index (χ2v) is 6.58. The number of hydrogen-bond donors (Lipinski definition) is 1. The van der Waals surface area contributed by atoms with Crippen LogP contribution in [0.4, 0.5) is 0 Å². The monoisotopic (exact) mass is 276 g/mol. The van der Waals surface area contributed by atoms with Crippen LogP contribution >= 0.6 is 0 Å². The standard InChI is InChI=1S/C18H32N2/c1-4-8-15(3)12-20-13-16-9-6-7-10-18(17(16)14-20)19-11-5-2/h13-15,18-19H,4-12H2,1-3H3. The fourth-order valence-electron chi connectivity index (χ4n) is 3.50. The largest absolute Gasteiger partial charge is 0.353 e. The highest BCUT2D eigenvalue weighted by Crippen LogP contribution is 2.30. The molecule has 0 aliphatic heterocycles. The predicted octanol–water partition coefficient (Wildman–Crippen LogP) is 4.69. The first kappa shape index (κ1) is 15.6. The Hall–Kier alpha value is -0.760. The molecule has 114 valence electrons. The fourth-order valence-corrected chi connectivity index (χ4v) is 3.50. The Morgan fingerprint density at radius 2 is 2.10 bits per heavy atom. The van der Waals surface area contributed by atoms with Gasteiger partial charge in [-0.3, -0.25) is 0 Å². The SMILES string of the molecule is CCCNC1CCCCc2cn(CC(C)CCC)cc21. The van der Waals surface area contributed by atoms with Gasteiger partial charge in [-0.15, -0.1) is 0 Å². The van der Waals surface area contributed by atoms with E-state index in [1.807, 2.05) is 0 Å². The van der Waals surface area contributed by atoms with Crippen LogP contribution in [0.2, 0.25) is 0 Å².